The van der Waals surface area contributed by atoms with Crippen LogP contribution >= 0.6 is 0 Å². The number of carbonyl (C=O) groups excluding carboxylic acids is 1. The zero-order chi connectivity index (χ0) is 17.6. The first-order valence-electron chi connectivity index (χ1n) is 8.98. The second-order valence-corrected chi connectivity index (χ2v) is 6.77. The Morgan fingerprint density at radius 3 is 2.50 bits per heavy atom. The molecule has 1 aliphatic heterocycles. The molecule has 0 amide bonds. The number of cyclic esters (lactones) is 1. The quantitative estimate of drug-likeness (QED) is 0.535. The highest BCUT2D eigenvalue weighted by Crippen LogP contribution is 2.37. The highest BCUT2D eigenvalue weighted by Gasteiger charge is 2.40. The summed E-state index contributed by atoms with van der Waals surface area (Å²) in [5.74, 6) is -0.117. The molecule has 0 spiro atoms. The van der Waals surface area contributed by atoms with Gasteiger partial charge in [0.2, 0.25) is 0 Å². The van der Waals surface area contributed by atoms with Crippen molar-refractivity contribution in [2.75, 3.05) is 5.73 Å². The van der Waals surface area contributed by atoms with E-state index in [0.29, 0.717) is 18.4 Å². The van der Waals surface area contributed by atoms with Gasteiger partial charge in [0, 0.05) is 12.1 Å². The number of nitrogens with two attached hydrogens (primary N) is 1. The van der Waals surface area contributed by atoms with Crippen LogP contribution in [0.2, 0.25) is 0 Å². The average Bonchev–Trinajstić information content (AvgIpc) is 2.50. The van der Waals surface area contributed by atoms with Gasteiger partial charge in [-0.1, -0.05) is 38.8 Å². The Morgan fingerprint density at radius 1 is 1.21 bits per heavy atom. The predicted octanol–water partition coefficient (Wildman–Crippen LogP) is 4.69. The lowest BCUT2D eigenvalue weighted by Gasteiger charge is -2.37. The van der Waals surface area contributed by atoms with E-state index in [1.807, 2.05) is 24.3 Å². The number of rotatable bonds is 8. The standard InChI is InChI=1S/C20H29NO3/c1-3-11-20(12-4-2)14-18(22)17(19(23)24-20)10-6-8-15-7-5-9-16(21)13-15/h5,7,9,13,22H,3-4,6,8,10-12,14,21H2,1-2H3. The summed E-state index contributed by atoms with van der Waals surface area (Å²) >= 11 is 0. The van der Waals surface area contributed by atoms with Crippen LogP contribution in [0.1, 0.15) is 64.4 Å². The number of carbonyl (C=O) groups is 1. The summed E-state index contributed by atoms with van der Waals surface area (Å²) in [6.45, 7) is 4.15. The molecule has 0 bridgehead atoms. The molecule has 1 heterocycles. The summed E-state index contributed by atoms with van der Waals surface area (Å²) in [6, 6.07) is 7.76. The number of aliphatic hydroxyl groups excluding tert-OH is 1. The van der Waals surface area contributed by atoms with Gasteiger partial charge in [-0.3, -0.25) is 0 Å². The third-order valence-corrected chi connectivity index (χ3v) is 4.65. The Bertz CT molecular complexity index is 601. The van der Waals surface area contributed by atoms with Crippen molar-refractivity contribution in [3.8, 4) is 0 Å². The van der Waals surface area contributed by atoms with Crippen LogP contribution in [0.4, 0.5) is 5.69 Å². The fourth-order valence-electron chi connectivity index (χ4n) is 3.60. The molecule has 0 aromatic heterocycles. The van der Waals surface area contributed by atoms with Crippen molar-refractivity contribution >= 4 is 11.7 Å². The second kappa shape index (κ2) is 8.22. The molecule has 1 aromatic rings. The topological polar surface area (TPSA) is 72.5 Å². The molecule has 0 aliphatic carbocycles. The molecule has 0 saturated carbocycles. The molecule has 3 N–H and O–H groups in total. The third-order valence-electron chi connectivity index (χ3n) is 4.65. The van der Waals surface area contributed by atoms with Crippen molar-refractivity contribution < 1.29 is 14.6 Å². The Hall–Kier alpha value is -1.97. The SMILES string of the molecule is CCCC1(CCC)CC(O)=C(CCCc2cccc(N)c2)C(=O)O1. The molecule has 0 radical (unpaired) electrons. The van der Waals surface area contributed by atoms with Gasteiger partial charge in [-0.05, 0) is 49.8 Å². The van der Waals surface area contributed by atoms with E-state index in [2.05, 4.69) is 13.8 Å². The fourth-order valence-corrected chi connectivity index (χ4v) is 3.60. The van der Waals surface area contributed by atoms with Crippen LogP contribution in [0.25, 0.3) is 0 Å². The molecule has 4 nitrogen and oxygen atoms in total. The van der Waals surface area contributed by atoms with Crippen molar-refractivity contribution in [1.82, 2.24) is 0 Å². The summed E-state index contributed by atoms with van der Waals surface area (Å²) in [5.41, 5.74) is 7.60. The van der Waals surface area contributed by atoms with Gasteiger partial charge in [-0.2, -0.15) is 0 Å². The van der Waals surface area contributed by atoms with Gasteiger partial charge < -0.3 is 15.6 Å². The largest absolute Gasteiger partial charge is 0.512 e. The van der Waals surface area contributed by atoms with Crippen LogP contribution < -0.4 is 5.73 Å². The Morgan fingerprint density at radius 2 is 1.92 bits per heavy atom. The minimum absolute atomic E-state index is 0.223. The maximum absolute atomic E-state index is 12.4. The fraction of sp³-hybridized carbons (Fsp3) is 0.550. The average molecular weight is 331 g/mol. The Labute approximate surface area is 144 Å². The molecule has 1 aromatic carbocycles. The monoisotopic (exact) mass is 331 g/mol. The highest BCUT2D eigenvalue weighted by atomic mass is 16.6. The molecule has 1 aliphatic rings. The van der Waals surface area contributed by atoms with Crippen LogP contribution in [-0.2, 0) is 16.0 Å². The zero-order valence-electron chi connectivity index (χ0n) is 14.8. The van der Waals surface area contributed by atoms with Gasteiger partial charge in [-0.15, -0.1) is 0 Å². The molecule has 4 heteroatoms. The summed E-state index contributed by atoms with van der Waals surface area (Å²) in [4.78, 5) is 12.4. The van der Waals surface area contributed by atoms with E-state index in [0.717, 1.165) is 49.8 Å². The number of nitrogen functional groups attached to an aromatic ring is 1. The smallest absolute Gasteiger partial charge is 0.337 e. The van der Waals surface area contributed by atoms with E-state index in [1.54, 1.807) is 0 Å². The van der Waals surface area contributed by atoms with E-state index in [4.69, 9.17) is 10.5 Å². The van der Waals surface area contributed by atoms with Crippen molar-refractivity contribution in [2.45, 2.75) is 70.8 Å². The van der Waals surface area contributed by atoms with Gasteiger partial charge in [0.05, 0.1) is 5.57 Å². The van der Waals surface area contributed by atoms with E-state index in [1.165, 1.54) is 0 Å². The summed E-state index contributed by atoms with van der Waals surface area (Å²) < 4.78 is 5.78. The van der Waals surface area contributed by atoms with E-state index in [-0.39, 0.29) is 11.7 Å². The molecule has 2 rings (SSSR count). The number of anilines is 1. The van der Waals surface area contributed by atoms with Crippen molar-refractivity contribution in [2.24, 2.45) is 0 Å². The molecule has 0 saturated heterocycles. The number of aliphatic hydroxyl groups is 1. The van der Waals surface area contributed by atoms with Gasteiger partial charge in [-0.25, -0.2) is 4.79 Å². The number of aryl methyl sites for hydroxylation is 1. The maximum Gasteiger partial charge on any atom is 0.337 e. The first kappa shape index (κ1) is 18.4. The molecule has 24 heavy (non-hydrogen) atoms. The van der Waals surface area contributed by atoms with Crippen LogP contribution in [0.15, 0.2) is 35.6 Å². The van der Waals surface area contributed by atoms with E-state index >= 15 is 0 Å². The number of ether oxygens (including phenoxy) is 1. The Kier molecular flexibility index (Phi) is 6.29. The lowest BCUT2D eigenvalue weighted by Crippen LogP contribution is -2.40. The number of benzene rings is 1. The summed E-state index contributed by atoms with van der Waals surface area (Å²) in [7, 11) is 0. The third kappa shape index (κ3) is 4.53. The Balaban J connectivity index is 2.00. The van der Waals surface area contributed by atoms with Crippen LogP contribution in [0.3, 0.4) is 0 Å². The number of esters is 1. The number of hydrogen-bond donors (Lipinski definition) is 2. The molecule has 0 fully saturated rings. The molecular weight excluding hydrogens is 302 g/mol. The van der Waals surface area contributed by atoms with E-state index in [9.17, 15) is 9.90 Å². The van der Waals surface area contributed by atoms with Crippen LogP contribution in [0, 0.1) is 0 Å². The highest BCUT2D eigenvalue weighted by molar-refractivity contribution is 5.90. The minimum atomic E-state index is -0.512. The molecular formula is C20H29NO3. The lowest BCUT2D eigenvalue weighted by atomic mass is 9.84. The lowest BCUT2D eigenvalue weighted by molar-refractivity contribution is -0.161. The van der Waals surface area contributed by atoms with Crippen LogP contribution in [0.5, 0.6) is 0 Å². The van der Waals surface area contributed by atoms with Crippen molar-refractivity contribution in [3.63, 3.8) is 0 Å². The zero-order valence-corrected chi connectivity index (χ0v) is 14.8. The summed E-state index contributed by atoms with van der Waals surface area (Å²) in [5, 5.41) is 10.4. The van der Waals surface area contributed by atoms with Gasteiger partial charge >= 0.3 is 5.97 Å². The van der Waals surface area contributed by atoms with Crippen LogP contribution in [-0.4, -0.2) is 16.7 Å². The van der Waals surface area contributed by atoms with E-state index < -0.39 is 5.60 Å². The predicted molar refractivity (Wildman–Crippen MR) is 96.7 cm³/mol. The number of hydrogen-bond acceptors (Lipinski definition) is 4. The van der Waals surface area contributed by atoms with Gasteiger partial charge in [0.15, 0.2) is 0 Å². The van der Waals surface area contributed by atoms with Crippen molar-refractivity contribution in [3.05, 3.63) is 41.2 Å². The first-order chi connectivity index (χ1) is 11.5. The second-order valence-electron chi connectivity index (χ2n) is 6.77. The maximum atomic E-state index is 12.4. The minimum Gasteiger partial charge on any atom is -0.512 e. The molecule has 0 unspecified atom stereocenters. The van der Waals surface area contributed by atoms with Gasteiger partial charge in [0.25, 0.3) is 0 Å². The van der Waals surface area contributed by atoms with Gasteiger partial charge in [0.1, 0.15) is 11.4 Å². The normalized spacial score (nSPS) is 17.0. The molecule has 0 atom stereocenters. The molecule has 132 valence electrons. The first-order valence-corrected chi connectivity index (χ1v) is 8.98. The summed E-state index contributed by atoms with van der Waals surface area (Å²) in [6.07, 6.45) is 6.07. The van der Waals surface area contributed by atoms with Crippen molar-refractivity contribution in [1.29, 1.82) is 0 Å².